The number of benzene rings is 2. The van der Waals surface area contributed by atoms with Crippen molar-refractivity contribution in [3.05, 3.63) is 70.0 Å². The van der Waals surface area contributed by atoms with Gasteiger partial charge in [-0.2, -0.15) is 0 Å². The number of aromatic nitrogens is 3. The summed E-state index contributed by atoms with van der Waals surface area (Å²) in [6, 6.07) is 15.7. The summed E-state index contributed by atoms with van der Waals surface area (Å²) in [6.07, 6.45) is 0. The van der Waals surface area contributed by atoms with E-state index in [0.717, 1.165) is 28.0 Å². The molecule has 3 aromatic rings. The molecule has 1 aromatic heterocycles. The third-order valence-corrected chi connectivity index (χ3v) is 4.90. The molecule has 112 valence electrons. The van der Waals surface area contributed by atoms with Gasteiger partial charge in [0.05, 0.1) is 10.0 Å². The van der Waals surface area contributed by atoms with Gasteiger partial charge in [-0.25, -0.2) is 0 Å². The van der Waals surface area contributed by atoms with E-state index in [2.05, 4.69) is 10.2 Å². The average molecular weight is 350 g/mol. The molecule has 0 aliphatic carbocycles. The van der Waals surface area contributed by atoms with Crippen LogP contribution >= 0.6 is 35.0 Å². The average Bonchev–Trinajstić information content (AvgIpc) is 2.90. The van der Waals surface area contributed by atoms with Crippen LogP contribution in [0, 0.1) is 6.92 Å². The third kappa shape index (κ3) is 3.29. The Hall–Kier alpha value is -1.49. The predicted molar refractivity (Wildman–Crippen MR) is 92.1 cm³/mol. The van der Waals surface area contributed by atoms with Crippen LogP contribution in [-0.4, -0.2) is 14.8 Å². The van der Waals surface area contributed by atoms with Gasteiger partial charge in [-0.1, -0.05) is 59.2 Å². The van der Waals surface area contributed by atoms with E-state index in [1.807, 2.05) is 60.0 Å². The van der Waals surface area contributed by atoms with Gasteiger partial charge in [0.1, 0.15) is 5.82 Å². The smallest absolute Gasteiger partial charge is 0.196 e. The highest BCUT2D eigenvalue weighted by molar-refractivity contribution is 7.98. The minimum Gasteiger partial charge on any atom is -0.274 e. The molecule has 3 nitrogen and oxygen atoms in total. The molecule has 0 amide bonds. The van der Waals surface area contributed by atoms with Gasteiger partial charge in [-0.05, 0) is 36.8 Å². The maximum atomic E-state index is 6.05. The zero-order chi connectivity index (χ0) is 15.5. The van der Waals surface area contributed by atoms with E-state index in [0.29, 0.717) is 10.0 Å². The highest BCUT2D eigenvalue weighted by atomic mass is 35.5. The summed E-state index contributed by atoms with van der Waals surface area (Å²) in [5.74, 6) is 1.62. The highest BCUT2D eigenvalue weighted by Crippen LogP contribution is 2.28. The maximum Gasteiger partial charge on any atom is 0.196 e. The fourth-order valence-electron chi connectivity index (χ4n) is 2.09. The minimum absolute atomic E-state index is 0.568. The van der Waals surface area contributed by atoms with Gasteiger partial charge in [0.25, 0.3) is 0 Å². The van der Waals surface area contributed by atoms with Crippen molar-refractivity contribution < 1.29 is 0 Å². The molecule has 0 bridgehead atoms. The van der Waals surface area contributed by atoms with Crippen LogP contribution in [0.25, 0.3) is 5.69 Å². The molecule has 0 fully saturated rings. The lowest BCUT2D eigenvalue weighted by molar-refractivity contribution is 0.868. The monoisotopic (exact) mass is 349 g/mol. The number of para-hydroxylation sites is 1. The van der Waals surface area contributed by atoms with Gasteiger partial charge in [-0.15, -0.1) is 10.2 Å². The second-order valence-electron chi connectivity index (χ2n) is 4.74. The van der Waals surface area contributed by atoms with E-state index in [1.165, 1.54) is 0 Å². The first-order chi connectivity index (χ1) is 10.6. The molecule has 0 saturated carbocycles. The van der Waals surface area contributed by atoms with Crippen molar-refractivity contribution in [1.29, 1.82) is 0 Å². The van der Waals surface area contributed by atoms with Crippen LogP contribution in [0.1, 0.15) is 11.4 Å². The number of rotatable bonds is 4. The second-order valence-corrected chi connectivity index (χ2v) is 6.49. The van der Waals surface area contributed by atoms with Crippen molar-refractivity contribution in [2.75, 3.05) is 0 Å². The summed E-state index contributed by atoms with van der Waals surface area (Å²) in [5.41, 5.74) is 2.15. The number of hydrogen-bond donors (Lipinski definition) is 0. The molecule has 0 unspecified atom stereocenters. The maximum absolute atomic E-state index is 6.05. The molecular formula is C16H13Cl2N3S. The zero-order valence-corrected chi connectivity index (χ0v) is 14.2. The Bertz CT molecular complexity index is 787. The second kappa shape index (κ2) is 6.73. The van der Waals surface area contributed by atoms with Crippen LogP contribution in [0.15, 0.2) is 53.7 Å². The van der Waals surface area contributed by atoms with Gasteiger partial charge in [0, 0.05) is 11.4 Å². The fraction of sp³-hybridized carbons (Fsp3) is 0.125. The number of halogens is 2. The SMILES string of the molecule is Cc1nnc(SCc2ccc(Cl)c(Cl)c2)n1-c1ccccc1. The normalized spacial score (nSPS) is 10.9. The van der Waals surface area contributed by atoms with E-state index in [9.17, 15) is 0 Å². The largest absolute Gasteiger partial charge is 0.274 e. The summed E-state index contributed by atoms with van der Waals surface area (Å²) >= 11 is 13.6. The number of hydrogen-bond acceptors (Lipinski definition) is 3. The van der Waals surface area contributed by atoms with Crippen LogP contribution in [0.2, 0.25) is 10.0 Å². The highest BCUT2D eigenvalue weighted by Gasteiger charge is 2.11. The Morgan fingerprint density at radius 3 is 2.50 bits per heavy atom. The quantitative estimate of drug-likeness (QED) is 0.608. The molecule has 0 saturated heterocycles. The van der Waals surface area contributed by atoms with Crippen LogP contribution in [0.4, 0.5) is 0 Å². The van der Waals surface area contributed by atoms with Gasteiger partial charge in [0.15, 0.2) is 5.16 Å². The van der Waals surface area contributed by atoms with Crippen molar-refractivity contribution in [3.63, 3.8) is 0 Å². The molecule has 1 heterocycles. The van der Waals surface area contributed by atoms with Crippen LogP contribution in [-0.2, 0) is 5.75 Å². The molecule has 22 heavy (non-hydrogen) atoms. The molecule has 0 atom stereocenters. The topological polar surface area (TPSA) is 30.7 Å². The summed E-state index contributed by atoms with van der Waals surface area (Å²) < 4.78 is 2.04. The summed E-state index contributed by atoms with van der Waals surface area (Å²) in [6.45, 7) is 1.95. The van der Waals surface area contributed by atoms with Crippen LogP contribution < -0.4 is 0 Å². The van der Waals surface area contributed by atoms with Gasteiger partial charge in [0.2, 0.25) is 0 Å². The summed E-state index contributed by atoms with van der Waals surface area (Å²) in [4.78, 5) is 0. The Balaban J connectivity index is 1.83. The van der Waals surface area contributed by atoms with Crippen molar-refractivity contribution in [1.82, 2.24) is 14.8 Å². The lowest BCUT2D eigenvalue weighted by Crippen LogP contribution is -1.98. The van der Waals surface area contributed by atoms with Crippen LogP contribution in [0.3, 0.4) is 0 Å². The molecule has 0 N–H and O–H groups in total. The number of aryl methyl sites for hydroxylation is 1. The first-order valence-electron chi connectivity index (χ1n) is 6.69. The Morgan fingerprint density at radius 1 is 1.00 bits per heavy atom. The van der Waals surface area contributed by atoms with Crippen molar-refractivity contribution in [3.8, 4) is 5.69 Å². The molecular weight excluding hydrogens is 337 g/mol. The van der Waals surface area contributed by atoms with Crippen LogP contribution in [0.5, 0.6) is 0 Å². The molecule has 0 spiro atoms. The third-order valence-electron chi connectivity index (χ3n) is 3.16. The number of nitrogens with zero attached hydrogens (tertiary/aromatic N) is 3. The Morgan fingerprint density at radius 2 is 1.77 bits per heavy atom. The Kier molecular flexibility index (Phi) is 4.71. The van der Waals surface area contributed by atoms with E-state index in [4.69, 9.17) is 23.2 Å². The predicted octanol–water partition coefficient (Wildman–Crippen LogP) is 5.17. The minimum atomic E-state index is 0.568. The van der Waals surface area contributed by atoms with Gasteiger partial charge < -0.3 is 0 Å². The molecule has 0 radical (unpaired) electrons. The summed E-state index contributed by atoms with van der Waals surface area (Å²) in [5, 5.41) is 10.4. The fourth-order valence-corrected chi connectivity index (χ4v) is 3.35. The summed E-state index contributed by atoms with van der Waals surface area (Å²) in [7, 11) is 0. The van der Waals surface area contributed by atoms with E-state index < -0.39 is 0 Å². The molecule has 6 heteroatoms. The molecule has 0 aliphatic rings. The zero-order valence-electron chi connectivity index (χ0n) is 11.8. The van der Waals surface area contributed by atoms with Crippen molar-refractivity contribution >= 4 is 35.0 Å². The first kappa shape index (κ1) is 15.4. The standard InChI is InChI=1S/C16H13Cl2N3S/c1-11-19-20-16(21(11)13-5-3-2-4-6-13)22-10-12-7-8-14(17)15(18)9-12/h2-9H,10H2,1H3. The molecule has 3 rings (SSSR count). The van der Waals surface area contributed by atoms with E-state index in [1.54, 1.807) is 11.8 Å². The molecule has 2 aromatic carbocycles. The Labute approximate surface area is 143 Å². The van der Waals surface area contributed by atoms with Crippen molar-refractivity contribution in [2.24, 2.45) is 0 Å². The number of thioether (sulfide) groups is 1. The van der Waals surface area contributed by atoms with Gasteiger partial charge in [-0.3, -0.25) is 4.57 Å². The van der Waals surface area contributed by atoms with E-state index >= 15 is 0 Å². The van der Waals surface area contributed by atoms with E-state index in [-0.39, 0.29) is 0 Å². The van der Waals surface area contributed by atoms with Gasteiger partial charge >= 0.3 is 0 Å². The molecule has 0 aliphatic heterocycles. The first-order valence-corrected chi connectivity index (χ1v) is 8.43. The van der Waals surface area contributed by atoms with Crippen molar-refractivity contribution in [2.45, 2.75) is 17.8 Å². The lowest BCUT2D eigenvalue weighted by atomic mass is 10.2. The lowest BCUT2D eigenvalue weighted by Gasteiger charge is -2.08.